The Labute approximate surface area is 176 Å². The Balaban J connectivity index is 2.02. The molecule has 28 heavy (non-hydrogen) atoms. The average Bonchev–Trinajstić information content (AvgIpc) is 2.70. The van der Waals surface area contributed by atoms with Crippen LogP contribution < -0.4 is 14.8 Å². The molecule has 0 saturated heterocycles. The Morgan fingerprint density at radius 2 is 1.71 bits per heavy atom. The van der Waals surface area contributed by atoms with Gasteiger partial charge in [0.15, 0.2) is 11.5 Å². The number of benzene rings is 2. The molecular formula is C22H30BrFN2O2. The van der Waals surface area contributed by atoms with E-state index >= 15 is 0 Å². The van der Waals surface area contributed by atoms with E-state index in [0.29, 0.717) is 23.7 Å². The first kappa shape index (κ1) is 22.7. The lowest BCUT2D eigenvalue weighted by molar-refractivity contribution is 0.265. The second-order valence-electron chi connectivity index (χ2n) is 6.41. The van der Waals surface area contributed by atoms with E-state index in [-0.39, 0.29) is 12.4 Å². The summed E-state index contributed by atoms with van der Waals surface area (Å²) in [5.41, 5.74) is 1.62. The van der Waals surface area contributed by atoms with Crippen molar-refractivity contribution in [3.05, 3.63) is 57.8 Å². The summed E-state index contributed by atoms with van der Waals surface area (Å²) in [6.07, 6.45) is 0. The molecule has 4 nitrogen and oxygen atoms in total. The van der Waals surface area contributed by atoms with Crippen molar-refractivity contribution >= 4 is 15.9 Å². The summed E-state index contributed by atoms with van der Waals surface area (Å²) in [5, 5.41) is 3.48. The monoisotopic (exact) mass is 452 g/mol. The molecule has 0 atom stereocenters. The summed E-state index contributed by atoms with van der Waals surface area (Å²) in [7, 11) is 0. The van der Waals surface area contributed by atoms with Crippen LogP contribution in [-0.4, -0.2) is 37.7 Å². The summed E-state index contributed by atoms with van der Waals surface area (Å²) < 4.78 is 26.4. The molecule has 0 unspecified atom stereocenters. The standard InChI is InChI=1S/C22H30BrFN2O2/c1-4-26(5-2)12-11-25-15-18-13-21(27-6-3)22(14-19(18)23)28-16-17-9-7-8-10-20(17)24/h7-10,13-14,25H,4-6,11-12,15-16H2,1-3H3. The predicted molar refractivity (Wildman–Crippen MR) is 116 cm³/mol. The summed E-state index contributed by atoms with van der Waals surface area (Å²) >= 11 is 3.62. The third-order valence-electron chi connectivity index (χ3n) is 4.57. The molecular weight excluding hydrogens is 423 g/mol. The van der Waals surface area contributed by atoms with Crippen LogP contribution in [0, 0.1) is 5.82 Å². The first-order valence-electron chi connectivity index (χ1n) is 9.83. The zero-order valence-corrected chi connectivity index (χ0v) is 18.5. The lowest BCUT2D eigenvalue weighted by Gasteiger charge is -2.19. The second-order valence-corrected chi connectivity index (χ2v) is 7.26. The summed E-state index contributed by atoms with van der Waals surface area (Å²) in [6.45, 7) is 11.8. The van der Waals surface area contributed by atoms with Gasteiger partial charge in [0, 0.05) is 29.7 Å². The van der Waals surface area contributed by atoms with Gasteiger partial charge < -0.3 is 19.7 Å². The van der Waals surface area contributed by atoms with E-state index in [1.807, 2.05) is 19.1 Å². The van der Waals surface area contributed by atoms with Gasteiger partial charge in [-0.3, -0.25) is 0 Å². The number of nitrogens with zero attached hydrogens (tertiary/aromatic N) is 1. The first-order chi connectivity index (χ1) is 13.6. The van der Waals surface area contributed by atoms with Gasteiger partial charge in [-0.05, 0) is 43.8 Å². The minimum absolute atomic E-state index is 0.153. The van der Waals surface area contributed by atoms with Crippen LogP contribution in [0.4, 0.5) is 4.39 Å². The van der Waals surface area contributed by atoms with Crippen molar-refractivity contribution in [3.63, 3.8) is 0 Å². The zero-order valence-electron chi connectivity index (χ0n) is 16.9. The van der Waals surface area contributed by atoms with Crippen molar-refractivity contribution in [1.82, 2.24) is 10.2 Å². The number of ether oxygens (including phenoxy) is 2. The molecule has 154 valence electrons. The van der Waals surface area contributed by atoms with Crippen LogP contribution in [0.1, 0.15) is 31.9 Å². The van der Waals surface area contributed by atoms with Crippen LogP contribution in [0.25, 0.3) is 0 Å². The minimum atomic E-state index is -0.270. The van der Waals surface area contributed by atoms with Crippen LogP contribution >= 0.6 is 15.9 Å². The van der Waals surface area contributed by atoms with Gasteiger partial charge in [0.1, 0.15) is 12.4 Å². The highest BCUT2D eigenvalue weighted by Crippen LogP contribution is 2.34. The largest absolute Gasteiger partial charge is 0.490 e. The lowest BCUT2D eigenvalue weighted by Crippen LogP contribution is -2.31. The molecule has 0 spiro atoms. The van der Waals surface area contributed by atoms with E-state index in [4.69, 9.17) is 9.47 Å². The van der Waals surface area contributed by atoms with E-state index in [2.05, 4.69) is 40.0 Å². The van der Waals surface area contributed by atoms with Crippen LogP contribution in [0.15, 0.2) is 40.9 Å². The Morgan fingerprint density at radius 1 is 1.00 bits per heavy atom. The van der Waals surface area contributed by atoms with E-state index in [9.17, 15) is 4.39 Å². The molecule has 0 aliphatic rings. The quantitative estimate of drug-likeness (QED) is 0.459. The number of halogens is 2. The van der Waals surface area contributed by atoms with Gasteiger partial charge in [0.2, 0.25) is 0 Å². The molecule has 1 N–H and O–H groups in total. The molecule has 0 amide bonds. The maximum atomic E-state index is 13.8. The number of rotatable bonds is 12. The molecule has 0 radical (unpaired) electrons. The molecule has 2 rings (SSSR count). The third-order valence-corrected chi connectivity index (χ3v) is 5.31. The highest BCUT2D eigenvalue weighted by molar-refractivity contribution is 9.10. The third kappa shape index (κ3) is 6.76. The fourth-order valence-electron chi connectivity index (χ4n) is 2.86. The van der Waals surface area contributed by atoms with Crippen molar-refractivity contribution in [2.75, 3.05) is 32.8 Å². The molecule has 0 heterocycles. The van der Waals surface area contributed by atoms with E-state index in [0.717, 1.165) is 42.8 Å². The van der Waals surface area contributed by atoms with Gasteiger partial charge in [-0.25, -0.2) is 4.39 Å². The van der Waals surface area contributed by atoms with Crippen LogP contribution in [0.5, 0.6) is 11.5 Å². The Morgan fingerprint density at radius 3 is 2.39 bits per heavy atom. The molecule has 0 bridgehead atoms. The zero-order chi connectivity index (χ0) is 20.4. The molecule has 0 saturated carbocycles. The van der Waals surface area contributed by atoms with Crippen LogP contribution in [0.2, 0.25) is 0 Å². The van der Waals surface area contributed by atoms with Crippen molar-refractivity contribution in [2.45, 2.75) is 33.9 Å². The minimum Gasteiger partial charge on any atom is -0.490 e. The van der Waals surface area contributed by atoms with Gasteiger partial charge in [-0.1, -0.05) is 48.0 Å². The van der Waals surface area contributed by atoms with Gasteiger partial charge in [-0.15, -0.1) is 0 Å². The van der Waals surface area contributed by atoms with E-state index < -0.39 is 0 Å². The van der Waals surface area contributed by atoms with E-state index in [1.165, 1.54) is 6.07 Å². The van der Waals surface area contributed by atoms with Gasteiger partial charge in [0.05, 0.1) is 6.61 Å². The summed E-state index contributed by atoms with van der Waals surface area (Å²) in [6, 6.07) is 10.5. The van der Waals surface area contributed by atoms with Crippen molar-refractivity contribution in [3.8, 4) is 11.5 Å². The Hall–Kier alpha value is -1.63. The predicted octanol–water partition coefficient (Wildman–Crippen LogP) is 5.00. The molecule has 2 aromatic rings. The second kappa shape index (κ2) is 12.0. The lowest BCUT2D eigenvalue weighted by atomic mass is 10.2. The van der Waals surface area contributed by atoms with Gasteiger partial charge in [0.25, 0.3) is 0 Å². The summed E-state index contributed by atoms with van der Waals surface area (Å²) in [5.74, 6) is 1.000. The molecule has 6 heteroatoms. The number of nitrogens with one attached hydrogen (secondary N) is 1. The average molecular weight is 453 g/mol. The smallest absolute Gasteiger partial charge is 0.162 e. The van der Waals surface area contributed by atoms with Crippen molar-refractivity contribution < 1.29 is 13.9 Å². The number of likely N-dealkylation sites (N-methyl/N-ethyl adjacent to an activating group) is 1. The number of hydrogen-bond acceptors (Lipinski definition) is 4. The molecule has 0 aromatic heterocycles. The molecule has 2 aromatic carbocycles. The Bertz CT molecular complexity index is 738. The fourth-order valence-corrected chi connectivity index (χ4v) is 3.33. The topological polar surface area (TPSA) is 33.7 Å². The normalized spacial score (nSPS) is 11.1. The maximum Gasteiger partial charge on any atom is 0.162 e. The fraction of sp³-hybridized carbons (Fsp3) is 0.455. The molecule has 0 fully saturated rings. The first-order valence-corrected chi connectivity index (χ1v) is 10.6. The van der Waals surface area contributed by atoms with E-state index in [1.54, 1.807) is 18.2 Å². The highest BCUT2D eigenvalue weighted by atomic mass is 79.9. The SMILES string of the molecule is CCOc1cc(CNCCN(CC)CC)c(Br)cc1OCc1ccccc1F. The van der Waals surface area contributed by atoms with Gasteiger partial charge in [-0.2, -0.15) is 0 Å². The van der Waals surface area contributed by atoms with Gasteiger partial charge >= 0.3 is 0 Å². The van der Waals surface area contributed by atoms with Crippen molar-refractivity contribution in [2.24, 2.45) is 0 Å². The summed E-state index contributed by atoms with van der Waals surface area (Å²) in [4.78, 5) is 2.38. The molecule has 0 aliphatic carbocycles. The highest BCUT2D eigenvalue weighted by Gasteiger charge is 2.12. The molecule has 0 aliphatic heterocycles. The maximum absolute atomic E-state index is 13.8. The number of hydrogen-bond donors (Lipinski definition) is 1. The van der Waals surface area contributed by atoms with Crippen LogP contribution in [0.3, 0.4) is 0 Å². The van der Waals surface area contributed by atoms with Crippen LogP contribution in [-0.2, 0) is 13.2 Å². The van der Waals surface area contributed by atoms with Crippen molar-refractivity contribution in [1.29, 1.82) is 0 Å². The Kier molecular flexibility index (Phi) is 9.75.